The molecule has 3 rings (SSSR count). The lowest BCUT2D eigenvalue weighted by Crippen LogP contribution is -1.98. The van der Waals surface area contributed by atoms with Gasteiger partial charge in [0, 0.05) is 34.7 Å². The Bertz CT molecular complexity index is 625. The second kappa shape index (κ2) is 4.31. The van der Waals surface area contributed by atoms with Crippen LogP contribution in [0.2, 0.25) is 0 Å². The average Bonchev–Trinajstić information content (AvgIpc) is 2.99. The Kier molecular flexibility index (Phi) is 2.66. The second-order valence-corrected chi connectivity index (χ2v) is 4.94. The number of aromatic nitrogens is 2. The van der Waals surface area contributed by atoms with Crippen molar-refractivity contribution in [3.63, 3.8) is 0 Å². The van der Waals surface area contributed by atoms with E-state index in [1.807, 2.05) is 11.7 Å². The SMILES string of the molecule is NCc1cccc2c1ccn2Cc1cncs1. The molecule has 4 heteroatoms. The minimum Gasteiger partial charge on any atom is -0.342 e. The average molecular weight is 243 g/mol. The molecule has 0 saturated carbocycles. The van der Waals surface area contributed by atoms with Crippen LogP contribution in [0.4, 0.5) is 0 Å². The molecule has 0 atom stereocenters. The van der Waals surface area contributed by atoms with E-state index in [1.54, 1.807) is 11.3 Å². The Morgan fingerprint density at radius 3 is 3.00 bits per heavy atom. The smallest absolute Gasteiger partial charge is 0.0794 e. The number of thiazole rings is 1. The maximum atomic E-state index is 5.74. The summed E-state index contributed by atoms with van der Waals surface area (Å²) in [6, 6.07) is 8.42. The molecule has 0 amide bonds. The number of benzene rings is 1. The summed E-state index contributed by atoms with van der Waals surface area (Å²) in [5, 5.41) is 1.25. The minimum absolute atomic E-state index is 0.585. The molecule has 2 aromatic heterocycles. The van der Waals surface area contributed by atoms with Gasteiger partial charge in [-0.15, -0.1) is 11.3 Å². The highest BCUT2D eigenvalue weighted by Crippen LogP contribution is 2.21. The van der Waals surface area contributed by atoms with Gasteiger partial charge in [-0.3, -0.25) is 4.98 Å². The van der Waals surface area contributed by atoms with E-state index in [-0.39, 0.29) is 0 Å². The van der Waals surface area contributed by atoms with E-state index in [4.69, 9.17) is 5.73 Å². The van der Waals surface area contributed by atoms with Crippen LogP contribution < -0.4 is 5.73 Å². The van der Waals surface area contributed by atoms with Gasteiger partial charge >= 0.3 is 0 Å². The normalized spacial score (nSPS) is 11.1. The minimum atomic E-state index is 0.585. The molecule has 3 aromatic rings. The van der Waals surface area contributed by atoms with Gasteiger partial charge in [0.25, 0.3) is 0 Å². The maximum absolute atomic E-state index is 5.74. The predicted molar refractivity (Wildman–Crippen MR) is 71.0 cm³/mol. The number of hydrogen-bond acceptors (Lipinski definition) is 3. The molecule has 0 aliphatic rings. The number of rotatable bonds is 3. The van der Waals surface area contributed by atoms with Crippen LogP contribution in [-0.4, -0.2) is 9.55 Å². The van der Waals surface area contributed by atoms with Crippen LogP contribution in [0.1, 0.15) is 10.4 Å². The number of nitrogens with zero attached hydrogens (tertiary/aromatic N) is 2. The summed E-state index contributed by atoms with van der Waals surface area (Å²) >= 11 is 1.68. The maximum Gasteiger partial charge on any atom is 0.0794 e. The summed E-state index contributed by atoms with van der Waals surface area (Å²) < 4.78 is 2.24. The predicted octanol–water partition coefficient (Wildman–Crippen LogP) is 2.60. The molecule has 86 valence electrons. The van der Waals surface area contributed by atoms with Gasteiger partial charge in [0.2, 0.25) is 0 Å². The third kappa shape index (κ3) is 1.85. The number of fused-ring (bicyclic) bond motifs is 1. The van der Waals surface area contributed by atoms with Crippen molar-refractivity contribution < 1.29 is 0 Å². The van der Waals surface area contributed by atoms with Crippen LogP contribution in [0.5, 0.6) is 0 Å². The van der Waals surface area contributed by atoms with E-state index < -0.39 is 0 Å². The van der Waals surface area contributed by atoms with Crippen LogP contribution in [0.25, 0.3) is 10.9 Å². The first-order chi connectivity index (χ1) is 8.38. The number of hydrogen-bond donors (Lipinski definition) is 1. The lowest BCUT2D eigenvalue weighted by molar-refractivity contribution is 0.849. The largest absolute Gasteiger partial charge is 0.342 e. The summed E-state index contributed by atoms with van der Waals surface area (Å²) in [6.07, 6.45) is 4.03. The van der Waals surface area contributed by atoms with Gasteiger partial charge < -0.3 is 10.3 Å². The summed E-state index contributed by atoms with van der Waals surface area (Å²) in [5.74, 6) is 0. The summed E-state index contributed by atoms with van der Waals surface area (Å²) in [4.78, 5) is 5.37. The fourth-order valence-corrected chi connectivity index (χ4v) is 2.68. The summed E-state index contributed by atoms with van der Waals surface area (Å²) in [5.41, 5.74) is 10.0. The van der Waals surface area contributed by atoms with Crippen molar-refractivity contribution in [2.24, 2.45) is 5.73 Å². The Morgan fingerprint density at radius 1 is 1.29 bits per heavy atom. The zero-order valence-electron chi connectivity index (χ0n) is 9.34. The van der Waals surface area contributed by atoms with E-state index in [9.17, 15) is 0 Å². The zero-order valence-corrected chi connectivity index (χ0v) is 10.2. The van der Waals surface area contributed by atoms with Crippen molar-refractivity contribution in [3.8, 4) is 0 Å². The molecule has 0 saturated heterocycles. The molecule has 0 spiro atoms. The van der Waals surface area contributed by atoms with Gasteiger partial charge in [-0.1, -0.05) is 12.1 Å². The van der Waals surface area contributed by atoms with E-state index in [0.29, 0.717) is 6.54 Å². The fraction of sp³-hybridized carbons (Fsp3) is 0.154. The molecule has 0 unspecified atom stereocenters. The molecular formula is C13H13N3S. The van der Waals surface area contributed by atoms with Gasteiger partial charge in [-0.25, -0.2) is 0 Å². The van der Waals surface area contributed by atoms with Crippen LogP contribution in [0.3, 0.4) is 0 Å². The van der Waals surface area contributed by atoms with Gasteiger partial charge in [0.05, 0.1) is 12.1 Å². The lowest BCUT2D eigenvalue weighted by atomic mass is 10.1. The van der Waals surface area contributed by atoms with Crippen molar-refractivity contribution in [1.82, 2.24) is 9.55 Å². The molecule has 0 aliphatic heterocycles. The van der Waals surface area contributed by atoms with Crippen molar-refractivity contribution in [1.29, 1.82) is 0 Å². The van der Waals surface area contributed by atoms with Gasteiger partial charge in [0.1, 0.15) is 0 Å². The van der Waals surface area contributed by atoms with E-state index >= 15 is 0 Å². The highest BCUT2D eigenvalue weighted by atomic mass is 32.1. The van der Waals surface area contributed by atoms with Gasteiger partial charge in [-0.2, -0.15) is 0 Å². The van der Waals surface area contributed by atoms with Crippen LogP contribution in [-0.2, 0) is 13.1 Å². The Labute approximate surface area is 104 Å². The summed E-state index contributed by atoms with van der Waals surface area (Å²) in [6.45, 7) is 1.46. The van der Waals surface area contributed by atoms with Gasteiger partial charge in [-0.05, 0) is 17.7 Å². The monoisotopic (exact) mass is 243 g/mol. The third-order valence-corrected chi connectivity index (χ3v) is 3.70. The zero-order chi connectivity index (χ0) is 11.7. The first kappa shape index (κ1) is 10.5. The molecule has 0 radical (unpaired) electrons. The fourth-order valence-electron chi connectivity index (χ4n) is 2.09. The summed E-state index contributed by atoms with van der Waals surface area (Å²) in [7, 11) is 0. The van der Waals surface area contributed by atoms with E-state index in [0.717, 1.165) is 6.54 Å². The van der Waals surface area contributed by atoms with E-state index in [2.05, 4.69) is 40.0 Å². The topological polar surface area (TPSA) is 43.8 Å². The molecule has 17 heavy (non-hydrogen) atoms. The quantitative estimate of drug-likeness (QED) is 0.768. The highest BCUT2D eigenvalue weighted by molar-refractivity contribution is 7.09. The Morgan fingerprint density at radius 2 is 2.24 bits per heavy atom. The molecule has 1 aromatic carbocycles. The lowest BCUT2D eigenvalue weighted by Gasteiger charge is -2.04. The molecule has 2 heterocycles. The molecule has 0 bridgehead atoms. The van der Waals surface area contributed by atoms with Crippen molar-refractivity contribution >= 4 is 22.2 Å². The third-order valence-electron chi connectivity index (χ3n) is 2.93. The van der Waals surface area contributed by atoms with Crippen LogP contribution in [0.15, 0.2) is 42.2 Å². The highest BCUT2D eigenvalue weighted by Gasteiger charge is 2.05. The first-order valence-electron chi connectivity index (χ1n) is 5.52. The van der Waals surface area contributed by atoms with Crippen molar-refractivity contribution in [3.05, 3.63) is 52.6 Å². The molecule has 2 N–H and O–H groups in total. The first-order valence-corrected chi connectivity index (χ1v) is 6.40. The Hall–Kier alpha value is -1.65. The molecular weight excluding hydrogens is 230 g/mol. The number of nitrogens with two attached hydrogens (primary N) is 1. The Balaban J connectivity index is 2.06. The van der Waals surface area contributed by atoms with Crippen molar-refractivity contribution in [2.45, 2.75) is 13.1 Å². The van der Waals surface area contributed by atoms with E-state index in [1.165, 1.54) is 21.3 Å². The van der Waals surface area contributed by atoms with Crippen LogP contribution >= 0.6 is 11.3 Å². The molecule has 0 fully saturated rings. The molecule has 0 aliphatic carbocycles. The van der Waals surface area contributed by atoms with Crippen LogP contribution in [0, 0.1) is 0 Å². The van der Waals surface area contributed by atoms with Crippen molar-refractivity contribution in [2.75, 3.05) is 0 Å². The standard InChI is InChI=1S/C13H13N3S/c14-6-10-2-1-3-13-12(10)4-5-16(13)8-11-7-15-9-17-11/h1-5,7,9H,6,8,14H2. The second-order valence-electron chi connectivity index (χ2n) is 3.97. The molecule has 3 nitrogen and oxygen atoms in total. The van der Waals surface area contributed by atoms with Gasteiger partial charge in [0.15, 0.2) is 0 Å².